The third-order valence-corrected chi connectivity index (χ3v) is 3.71. The van der Waals surface area contributed by atoms with Crippen LogP contribution in [0, 0.1) is 10.1 Å². The molecule has 24 heavy (non-hydrogen) atoms. The van der Waals surface area contributed by atoms with Gasteiger partial charge in [-0.3, -0.25) is 10.1 Å². The van der Waals surface area contributed by atoms with Crippen molar-refractivity contribution < 1.29 is 23.9 Å². The molecule has 1 saturated heterocycles. The van der Waals surface area contributed by atoms with Crippen LogP contribution < -0.4 is 0 Å². The number of esters is 1. The van der Waals surface area contributed by atoms with Crippen LogP contribution in [0.4, 0.5) is 0 Å². The van der Waals surface area contributed by atoms with Gasteiger partial charge in [0.05, 0.1) is 37.2 Å². The summed E-state index contributed by atoms with van der Waals surface area (Å²) in [5, 5.41) is 11.3. The quantitative estimate of drug-likeness (QED) is 0.314. The number of hydrogen-bond acceptors (Lipinski definition) is 6. The zero-order valence-corrected chi connectivity index (χ0v) is 13.6. The van der Waals surface area contributed by atoms with E-state index in [-0.39, 0.29) is 18.7 Å². The van der Waals surface area contributed by atoms with Gasteiger partial charge in [0.2, 0.25) is 0 Å². The van der Waals surface area contributed by atoms with Crippen molar-refractivity contribution in [2.75, 3.05) is 19.8 Å². The van der Waals surface area contributed by atoms with E-state index in [1.165, 1.54) is 0 Å². The Morgan fingerprint density at radius 3 is 2.58 bits per heavy atom. The van der Waals surface area contributed by atoms with Gasteiger partial charge in [-0.25, -0.2) is 4.79 Å². The van der Waals surface area contributed by atoms with Crippen LogP contribution >= 0.6 is 0 Å². The fourth-order valence-corrected chi connectivity index (χ4v) is 2.58. The summed E-state index contributed by atoms with van der Waals surface area (Å²) in [7, 11) is 0. The third-order valence-electron chi connectivity index (χ3n) is 3.71. The van der Waals surface area contributed by atoms with Crippen molar-refractivity contribution in [1.82, 2.24) is 0 Å². The summed E-state index contributed by atoms with van der Waals surface area (Å²) in [5.41, 5.74) is 0.816. The molecular formula is C17H21NO6. The maximum absolute atomic E-state index is 11.5. The fourth-order valence-electron chi connectivity index (χ4n) is 2.58. The Morgan fingerprint density at radius 1 is 1.33 bits per heavy atom. The Bertz CT molecular complexity index is 592. The highest BCUT2D eigenvalue weighted by Crippen LogP contribution is 2.32. The summed E-state index contributed by atoms with van der Waals surface area (Å²) in [4.78, 5) is 22.2. The molecule has 0 aromatic heterocycles. The predicted octanol–water partition coefficient (Wildman–Crippen LogP) is 2.48. The van der Waals surface area contributed by atoms with Gasteiger partial charge in [0.25, 0.3) is 5.70 Å². The number of carbonyl (C=O) groups excluding carboxylic acids is 1. The minimum Gasteiger partial charge on any atom is -0.463 e. The number of benzene rings is 1. The minimum atomic E-state index is -1.08. The van der Waals surface area contributed by atoms with Gasteiger partial charge >= 0.3 is 5.97 Å². The topological polar surface area (TPSA) is 87.9 Å². The van der Waals surface area contributed by atoms with Crippen LogP contribution in [0.25, 0.3) is 0 Å². The van der Waals surface area contributed by atoms with E-state index < -0.39 is 16.7 Å². The van der Waals surface area contributed by atoms with Gasteiger partial charge in [0, 0.05) is 6.42 Å². The van der Waals surface area contributed by atoms with Crippen LogP contribution in [0.1, 0.15) is 25.3 Å². The van der Waals surface area contributed by atoms with Gasteiger partial charge in [-0.2, -0.15) is 0 Å². The highest BCUT2D eigenvalue weighted by Gasteiger charge is 2.40. The molecule has 0 aliphatic carbocycles. The highest BCUT2D eigenvalue weighted by molar-refractivity contribution is 5.82. The molecular weight excluding hydrogens is 314 g/mol. The molecule has 130 valence electrons. The fraction of sp³-hybridized carbons (Fsp3) is 0.471. The van der Waals surface area contributed by atoms with Crippen LogP contribution in [0.2, 0.25) is 0 Å². The molecule has 0 atom stereocenters. The number of rotatable bonds is 8. The van der Waals surface area contributed by atoms with Crippen LogP contribution in [-0.2, 0) is 25.4 Å². The van der Waals surface area contributed by atoms with Crippen LogP contribution in [0.3, 0.4) is 0 Å². The standard InChI is InChI=1S/C17H21NO6/c1-2-22-16(19)12-15(18(20)21)13-17(23-10-11-24-17)9-8-14-6-4-3-5-7-14/h3-7,12H,2,8-11,13H2,1H3/b15-12-. The summed E-state index contributed by atoms with van der Waals surface area (Å²) >= 11 is 0. The van der Waals surface area contributed by atoms with Crippen molar-refractivity contribution in [3.05, 3.63) is 57.8 Å². The Labute approximate surface area is 140 Å². The van der Waals surface area contributed by atoms with E-state index in [1.54, 1.807) is 6.92 Å². The van der Waals surface area contributed by atoms with Crippen molar-refractivity contribution in [1.29, 1.82) is 0 Å². The second-order valence-electron chi connectivity index (χ2n) is 5.41. The number of nitrogens with zero attached hydrogens (tertiary/aromatic N) is 1. The first-order valence-electron chi connectivity index (χ1n) is 7.88. The van der Waals surface area contributed by atoms with Gasteiger partial charge in [-0.05, 0) is 18.9 Å². The van der Waals surface area contributed by atoms with Crippen molar-refractivity contribution >= 4 is 5.97 Å². The Hall–Kier alpha value is -2.25. The second kappa shape index (κ2) is 8.56. The van der Waals surface area contributed by atoms with Crippen molar-refractivity contribution in [2.45, 2.75) is 32.0 Å². The molecule has 1 heterocycles. The summed E-state index contributed by atoms with van der Waals surface area (Å²) in [5.74, 6) is -1.82. The van der Waals surface area contributed by atoms with Crippen LogP contribution in [0.5, 0.6) is 0 Å². The maximum Gasteiger partial charge on any atom is 0.337 e. The number of aryl methyl sites for hydroxylation is 1. The first kappa shape index (κ1) is 18.1. The van der Waals surface area contributed by atoms with Gasteiger partial charge in [-0.15, -0.1) is 0 Å². The summed E-state index contributed by atoms with van der Waals surface area (Å²) in [6.07, 6.45) is 1.92. The van der Waals surface area contributed by atoms with Crippen molar-refractivity contribution in [3.8, 4) is 0 Å². The highest BCUT2D eigenvalue weighted by atomic mass is 16.7. The molecule has 0 unspecified atom stereocenters. The van der Waals surface area contributed by atoms with E-state index in [2.05, 4.69) is 0 Å². The maximum atomic E-state index is 11.5. The van der Waals surface area contributed by atoms with E-state index in [0.717, 1.165) is 11.6 Å². The van der Waals surface area contributed by atoms with Gasteiger partial charge in [0.1, 0.15) is 0 Å². The van der Waals surface area contributed by atoms with Crippen molar-refractivity contribution in [2.24, 2.45) is 0 Å². The van der Waals surface area contributed by atoms with E-state index in [4.69, 9.17) is 14.2 Å². The summed E-state index contributed by atoms with van der Waals surface area (Å²) < 4.78 is 16.1. The molecule has 0 spiro atoms. The van der Waals surface area contributed by atoms with E-state index in [0.29, 0.717) is 26.1 Å². The molecule has 0 radical (unpaired) electrons. The lowest BCUT2D eigenvalue weighted by Gasteiger charge is -2.26. The lowest BCUT2D eigenvalue weighted by atomic mass is 10.0. The number of nitro groups is 1. The molecule has 1 fully saturated rings. The first-order chi connectivity index (χ1) is 11.5. The van der Waals surface area contributed by atoms with E-state index in [9.17, 15) is 14.9 Å². The largest absolute Gasteiger partial charge is 0.463 e. The average Bonchev–Trinajstić information content (AvgIpc) is 3.02. The van der Waals surface area contributed by atoms with E-state index in [1.807, 2.05) is 30.3 Å². The SMILES string of the molecule is CCOC(=O)/C=C(/CC1(CCc2ccccc2)OCCO1)[N+](=O)[O-]. The van der Waals surface area contributed by atoms with Crippen LogP contribution in [0.15, 0.2) is 42.1 Å². The number of hydrogen-bond donors (Lipinski definition) is 0. The van der Waals surface area contributed by atoms with Crippen molar-refractivity contribution in [3.63, 3.8) is 0 Å². The molecule has 1 aromatic carbocycles. The lowest BCUT2D eigenvalue weighted by molar-refractivity contribution is -0.433. The van der Waals surface area contributed by atoms with Gasteiger partial charge in [0.15, 0.2) is 5.79 Å². The summed E-state index contributed by atoms with van der Waals surface area (Å²) in [6.45, 7) is 2.55. The molecule has 7 nitrogen and oxygen atoms in total. The second-order valence-corrected chi connectivity index (χ2v) is 5.41. The first-order valence-corrected chi connectivity index (χ1v) is 7.88. The number of carbonyl (C=O) groups is 1. The Kier molecular flexibility index (Phi) is 6.45. The molecule has 0 N–H and O–H groups in total. The molecule has 1 aliphatic rings. The molecule has 7 heteroatoms. The smallest absolute Gasteiger partial charge is 0.337 e. The molecule has 0 bridgehead atoms. The van der Waals surface area contributed by atoms with Gasteiger partial charge < -0.3 is 14.2 Å². The predicted molar refractivity (Wildman–Crippen MR) is 85.7 cm³/mol. The Balaban J connectivity index is 2.10. The molecule has 1 aliphatic heterocycles. The molecule has 0 amide bonds. The minimum absolute atomic E-state index is 0.106. The monoisotopic (exact) mass is 335 g/mol. The normalized spacial score (nSPS) is 16.8. The van der Waals surface area contributed by atoms with E-state index >= 15 is 0 Å². The molecule has 0 saturated carbocycles. The Morgan fingerprint density at radius 2 is 2.00 bits per heavy atom. The summed E-state index contributed by atoms with van der Waals surface area (Å²) in [6, 6.07) is 9.74. The van der Waals surface area contributed by atoms with Gasteiger partial charge in [-0.1, -0.05) is 30.3 Å². The van der Waals surface area contributed by atoms with Crippen LogP contribution in [-0.4, -0.2) is 36.5 Å². The third kappa shape index (κ3) is 5.14. The average molecular weight is 335 g/mol. The molecule has 1 aromatic rings. The zero-order valence-electron chi connectivity index (χ0n) is 13.6. The lowest BCUT2D eigenvalue weighted by Crippen LogP contribution is -2.33. The zero-order chi connectivity index (χ0) is 17.4. The molecule has 2 rings (SSSR count). The number of ether oxygens (including phenoxy) is 3.